The van der Waals surface area contributed by atoms with Gasteiger partial charge in [0.1, 0.15) is 4.88 Å². The normalized spacial score (nSPS) is 17.9. The van der Waals surface area contributed by atoms with Crippen LogP contribution in [-0.4, -0.2) is 38.3 Å². The van der Waals surface area contributed by atoms with Crippen LogP contribution in [0.5, 0.6) is 0 Å². The summed E-state index contributed by atoms with van der Waals surface area (Å²) >= 11 is 1.47. The lowest BCUT2D eigenvalue weighted by Crippen LogP contribution is -2.31. The van der Waals surface area contributed by atoms with Crippen LogP contribution in [0, 0.1) is 0 Å². The van der Waals surface area contributed by atoms with Crippen molar-refractivity contribution < 1.29 is 9.53 Å². The van der Waals surface area contributed by atoms with Crippen LogP contribution in [0.15, 0.2) is 6.07 Å². The van der Waals surface area contributed by atoms with Crippen molar-refractivity contribution in [2.24, 2.45) is 0 Å². The number of thiophene rings is 1. The maximum absolute atomic E-state index is 12.1. The third-order valence-electron chi connectivity index (χ3n) is 3.63. The molecule has 2 rings (SSSR count). The van der Waals surface area contributed by atoms with Gasteiger partial charge >= 0.3 is 0 Å². The molecule has 1 saturated heterocycles. The van der Waals surface area contributed by atoms with Crippen LogP contribution in [-0.2, 0) is 4.74 Å². The predicted molar refractivity (Wildman–Crippen MR) is 88.2 cm³/mol. The Labute approximate surface area is 130 Å². The van der Waals surface area contributed by atoms with E-state index in [-0.39, 0.29) is 5.91 Å². The van der Waals surface area contributed by atoms with Gasteiger partial charge in [-0.25, -0.2) is 0 Å². The Kier molecular flexibility index (Phi) is 5.87. The van der Waals surface area contributed by atoms with E-state index < -0.39 is 0 Å². The molecule has 3 N–H and O–H groups in total. The van der Waals surface area contributed by atoms with Gasteiger partial charge in [-0.3, -0.25) is 4.79 Å². The first-order valence-electron chi connectivity index (χ1n) is 7.69. The zero-order valence-electron chi connectivity index (χ0n) is 12.9. The molecule has 5 nitrogen and oxygen atoms in total. The second-order valence-electron chi connectivity index (χ2n) is 5.30. The third-order valence-corrected chi connectivity index (χ3v) is 4.84. The number of carbonyl (C=O) groups is 1. The summed E-state index contributed by atoms with van der Waals surface area (Å²) in [5.41, 5.74) is 6.57. The number of nitrogens with zero attached hydrogens (tertiary/aromatic N) is 1. The molecular weight excluding hydrogens is 286 g/mol. The maximum Gasteiger partial charge on any atom is 0.263 e. The number of ether oxygens (including phenoxy) is 1. The molecule has 0 aromatic carbocycles. The second-order valence-corrected chi connectivity index (χ2v) is 6.33. The van der Waals surface area contributed by atoms with E-state index >= 15 is 0 Å². The molecule has 6 heteroatoms. The molecule has 0 saturated carbocycles. The number of hydrogen-bond donors (Lipinski definition) is 2. The lowest BCUT2D eigenvalue weighted by molar-refractivity contribution is 0.0958. The lowest BCUT2D eigenvalue weighted by Gasteiger charge is -2.24. The van der Waals surface area contributed by atoms with E-state index in [0.29, 0.717) is 23.2 Å². The third kappa shape index (κ3) is 4.11. The molecule has 0 aliphatic carbocycles. The molecule has 1 unspecified atom stereocenters. The van der Waals surface area contributed by atoms with E-state index in [1.807, 2.05) is 13.0 Å². The summed E-state index contributed by atoms with van der Waals surface area (Å²) in [4.78, 5) is 14.9. The van der Waals surface area contributed by atoms with E-state index in [1.165, 1.54) is 11.3 Å². The predicted octanol–water partition coefficient (Wildman–Crippen LogP) is 2.48. The summed E-state index contributed by atoms with van der Waals surface area (Å²) < 4.78 is 5.70. The number of rotatable bonds is 7. The minimum Gasteiger partial charge on any atom is -0.397 e. The lowest BCUT2D eigenvalue weighted by atomic mass is 10.2. The van der Waals surface area contributed by atoms with Gasteiger partial charge in [0.15, 0.2) is 0 Å². The second kappa shape index (κ2) is 7.66. The Morgan fingerprint density at radius 2 is 2.38 bits per heavy atom. The molecule has 1 atom stereocenters. The molecule has 118 valence electrons. The van der Waals surface area contributed by atoms with Crippen molar-refractivity contribution in [2.45, 2.75) is 39.2 Å². The Balaban J connectivity index is 2.05. The monoisotopic (exact) mass is 311 g/mol. The van der Waals surface area contributed by atoms with Crippen molar-refractivity contribution >= 4 is 27.9 Å². The van der Waals surface area contributed by atoms with Crippen molar-refractivity contribution in [1.29, 1.82) is 0 Å². The molecule has 2 heterocycles. The van der Waals surface area contributed by atoms with Crippen LogP contribution in [0.1, 0.15) is 42.8 Å². The maximum atomic E-state index is 12.1. The first-order chi connectivity index (χ1) is 10.2. The van der Waals surface area contributed by atoms with E-state index in [9.17, 15) is 4.79 Å². The van der Waals surface area contributed by atoms with E-state index in [1.54, 1.807) is 0 Å². The molecule has 0 radical (unpaired) electrons. The number of nitrogen functional groups attached to an aromatic ring is 1. The highest BCUT2D eigenvalue weighted by molar-refractivity contribution is 7.18. The Morgan fingerprint density at radius 3 is 3.00 bits per heavy atom. The number of amides is 1. The Morgan fingerprint density at radius 1 is 1.57 bits per heavy atom. The fourth-order valence-electron chi connectivity index (χ4n) is 2.45. The smallest absolute Gasteiger partial charge is 0.263 e. The van der Waals surface area contributed by atoms with Gasteiger partial charge in [0.2, 0.25) is 0 Å². The average Bonchev–Trinajstić information content (AvgIpc) is 3.11. The number of hydrogen-bond acceptors (Lipinski definition) is 5. The molecule has 1 fully saturated rings. The fourth-order valence-corrected chi connectivity index (χ4v) is 3.52. The number of likely N-dealkylation sites (N-methyl/N-ethyl adjacent to an activating group) is 1. The van der Waals surface area contributed by atoms with Crippen LogP contribution in [0.25, 0.3) is 0 Å². The van der Waals surface area contributed by atoms with Gasteiger partial charge in [-0.05, 0) is 32.3 Å². The molecular formula is C15H25N3O2S. The zero-order valence-corrected chi connectivity index (χ0v) is 13.7. The van der Waals surface area contributed by atoms with Gasteiger partial charge in [-0.15, -0.1) is 11.3 Å². The molecule has 21 heavy (non-hydrogen) atoms. The largest absolute Gasteiger partial charge is 0.397 e. The minimum atomic E-state index is -0.0706. The van der Waals surface area contributed by atoms with Crippen molar-refractivity contribution in [3.8, 4) is 0 Å². The van der Waals surface area contributed by atoms with Gasteiger partial charge < -0.3 is 20.7 Å². The van der Waals surface area contributed by atoms with Crippen LogP contribution in [0.2, 0.25) is 0 Å². The van der Waals surface area contributed by atoms with Gasteiger partial charge in [0.05, 0.1) is 16.8 Å². The summed E-state index contributed by atoms with van der Waals surface area (Å²) in [6.07, 6.45) is 3.47. The standard InChI is InChI=1S/C15H25N3O2S/c1-3-7-17-15(19)14-12(16)9-13(21-14)18(4-2)10-11-6-5-8-20-11/h9,11H,3-8,10,16H2,1-2H3,(H,17,19). The fraction of sp³-hybridized carbons (Fsp3) is 0.667. The van der Waals surface area contributed by atoms with Crippen molar-refractivity contribution in [1.82, 2.24) is 5.32 Å². The highest BCUT2D eigenvalue weighted by atomic mass is 32.1. The molecule has 0 bridgehead atoms. The van der Waals surface area contributed by atoms with E-state index in [0.717, 1.165) is 44.0 Å². The van der Waals surface area contributed by atoms with Crippen molar-refractivity contribution in [2.75, 3.05) is 36.9 Å². The number of nitrogens with one attached hydrogen (secondary N) is 1. The van der Waals surface area contributed by atoms with Crippen molar-refractivity contribution in [3.63, 3.8) is 0 Å². The highest BCUT2D eigenvalue weighted by Gasteiger charge is 2.22. The van der Waals surface area contributed by atoms with Crippen LogP contribution < -0.4 is 16.0 Å². The molecule has 1 aliphatic heterocycles. The summed E-state index contributed by atoms with van der Waals surface area (Å²) in [7, 11) is 0. The topological polar surface area (TPSA) is 67.6 Å². The van der Waals surface area contributed by atoms with E-state index in [4.69, 9.17) is 10.5 Å². The van der Waals surface area contributed by atoms with Gasteiger partial charge in [-0.1, -0.05) is 6.92 Å². The van der Waals surface area contributed by atoms with E-state index in [2.05, 4.69) is 17.1 Å². The first-order valence-corrected chi connectivity index (χ1v) is 8.51. The van der Waals surface area contributed by atoms with Crippen LogP contribution >= 0.6 is 11.3 Å². The highest BCUT2D eigenvalue weighted by Crippen LogP contribution is 2.32. The molecule has 0 spiro atoms. The minimum absolute atomic E-state index is 0.0706. The van der Waals surface area contributed by atoms with Gasteiger partial charge in [0, 0.05) is 26.2 Å². The van der Waals surface area contributed by atoms with Crippen LogP contribution in [0.3, 0.4) is 0 Å². The molecule has 1 aromatic rings. The number of carbonyl (C=O) groups excluding carboxylic acids is 1. The molecule has 1 amide bonds. The van der Waals surface area contributed by atoms with Crippen LogP contribution in [0.4, 0.5) is 10.7 Å². The Hall–Kier alpha value is -1.27. The quantitative estimate of drug-likeness (QED) is 0.812. The van der Waals surface area contributed by atoms with Gasteiger partial charge in [-0.2, -0.15) is 0 Å². The number of nitrogens with two attached hydrogens (primary N) is 1. The van der Waals surface area contributed by atoms with Crippen molar-refractivity contribution in [3.05, 3.63) is 10.9 Å². The summed E-state index contributed by atoms with van der Waals surface area (Å²) in [6, 6.07) is 1.91. The first kappa shape index (κ1) is 16.1. The molecule has 1 aliphatic rings. The summed E-state index contributed by atoms with van der Waals surface area (Å²) in [6.45, 7) is 7.44. The summed E-state index contributed by atoms with van der Waals surface area (Å²) in [5, 5.41) is 3.93. The zero-order chi connectivity index (χ0) is 15.2. The van der Waals surface area contributed by atoms with Gasteiger partial charge in [0.25, 0.3) is 5.91 Å². The molecule has 1 aromatic heterocycles. The SMILES string of the molecule is CCCNC(=O)c1sc(N(CC)CC2CCCO2)cc1N. The average molecular weight is 311 g/mol. The summed E-state index contributed by atoms with van der Waals surface area (Å²) in [5.74, 6) is -0.0706. The number of anilines is 2. The Bertz CT molecular complexity index is 469.